The molecule has 24 rings (SSSR count). The molecular formula is C128H112N4. The van der Waals surface area contributed by atoms with Crippen molar-refractivity contribution < 1.29 is 0 Å². The van der Waals surface area contributed by atoms with Gasteiger partial charge in [-0.05, 0) is 325 Å². The van der Waals surface area contributed by atoms with E-state index in [0.717, 1.165) is 45.6 Å². The molecule has 0 unspecified atom stereocenters. The van der Waals surface area contributed by atoms with Gasteiger partial charge in [-0.1, -0.05) is 317 Å². The van der Waals surface area contributed by atoms with Gasteiger partial charge in [-0.2, -0.15) is 0 Å². The van der Waals surface area contributed by atoms with Gasteiger partial charge >= 0.3 is 0 Å². The predicted molar refractivity (Wildman–Crippen MR) is 560 cm³/mol. The van der Waals surface area contributed by atoms with Crippen molar-refractivity contribution in [2.75, 3.05) is 0 Å². The third-order valence-electron chi connectivity index (χ3n) is 30.8. The monoisotopic (exact) mass is 1700 g/mol. The first kappa shape index (κ1) is 81.2. The number of aryl methyl sites for hydroxylation is 1. The molecule has 4 heterocycles. The summed E-state index contributed by atoms with van der Waals surface area (Å²) in [6.07, 6.45) is 1.06. The molecule has 4 heteroatoms. The number of benzene rings is 17. The molecule has 644 valence electrons. The molecule has 0 saturated carbocycles. The highest BCUT2D eigenvalue weighted by atomic mass is 15.0. The number of aromatic nitrogens is 4. The fourth-order valence-electron chi connectivity index (χ4n) is 24.0. The predicted octanol–water partition coefficient (Wildman–Crippen LogP) is 33.6. The van der Waals surface area contributed by atoms with Crippen molar-refractivity contribution in [3.63, 3.8) is 0 Å². The quantitative estimate of drug-likeness (QED) is 0.123. The normalized spacial score (nSPS) is 14.5. The summed E-state index contributed by atoms with van der Waals surface area (Å²) in [6.45, 7) is 39.5. The van der Waals surface area contributed by atoms with Gasteiger partial charge in [0.15, 0.2) is 0 Å². The molecule has 0 fully saturated rings. The molecule has 132 heavy (non-hydrogen) atoms. The smallest absolute Gasteiger partial charge is 0.0714 e. The molecule has 3 aliphatic carbocycles. The Hall–Kier alpha value is -14.1. The van der Waals surface area contributed by atoms with Crippen LogP contribution in [-0.2, 0) is 44.3 Å². The van der Waals surface area contributed by atoms with Gasteiger partial charge in [-0.15, -0.1) is 0 Å². The Morgan fingerprint density at radius 3 is 0.848 bits per heavy atom. The van der Waals surface area contributed by atoms with Crippen LogP contribution in [0.4, 0.5) is 0 Å². The number of rotatable bonds is 11. The minimum atomic E-state index is -0.791. The van der Waals surface area contributed by atoms with Gasteiger partial charge in [0, 0.05) is 65.8 Å². The number of hydrogen-bond acceptors (Lipinski definition) is 0. The Morgan fingerprint density at radius 1 is 0.242 bits per heavy atom. The Kier molecular flexibility index (Phi) is 17.7. The molecule has 0 saturated heterocycles. The molecule has 3 aliphatic rings. The Labute approximate surface area is 776 Å². The van der Waals surface area contributed by atoms with Gasteiger partial charge in [0.25, 0.3) is 0 Å². The van der Waals surface area contributed by atoms with Crippen LogP contribution in [0.3, 0.4) is 0 Å². The van der Waals surface area contributed by atoms with E-state index in [9.17, 15) is 0 Å². The van der Waals surface area contributed by atoms with E-state index in [1.807, 2.05) is 0 Å². The molecule has 0 spiro atoms. The average Bonchev–Trinajstić information content (AvgIpc) is 1.52. The van der Waals surface area contributed by atoms with Crippen LogP contribution in [0.2, 0.25) is 0 Å². The second-order valence-electron chi connectivity index (χ2n) is 43.6. The lowest BCUT2D eigenvalue weighted by Crippen LogP contribution is -2.32. The first-order valence-electron chi connectivity index (χ1n) is 47.7. The van der Waals surface area contributed by atoms with Crippen LogP contribution in [0.15, 0.2) is 352 Å². The molecular weight excluding hydrogens is 1590 g/mol. The van der Waals surface area contributed by atoms with Crippen LogP contribution in [0.1, 0.15) is 206 Å². The zero-order valence-electron chi connectivity index (χ0n) is 79.1. The van der Waals surface area contributed by atoms with Crippen molar-refractivity contribution in [2.45, 2.75) is 168 Å². The second kappa shape index (κ2) is 28.7. The van der Waals surface area contributed by atoms with Gasteiger partial charge < -0.3 is 18.3 Å². The van der Waals surface area contributed by atoms with E-state index >= 15 is 0 Å². The largest absolute Gasteiger partial charge is 0.309 e. The fraction of sp³-hybridized carbons (Fsp3) is 0.203. The zero-order chi connectivity index (χ0) is 90.5. The molecule has 0 aliphatic heterocycles. The maximum absolute atomic E-state index is 2.63. The van der Waals surface area contributed by atoms with Crippen molar-refractivity contribution in [1.29, 1.82) is 0 Å². The topological polar surface area (TPSA) is 19.7 Å². The lowest BCUT2D eigenvalue weighted by atomic mass is 9.66. The van der Waals surface area contributed by atoms with Crippen molar-refractivity contribution in [3.8, 4) is 67.3 Å². The summed E-state index contributed by atoms with van der Waals surface area (Å²) in [5.41, 5.74) is 43.3. The van der Waals surface area contributed by atoms with Crippen LogP contribution in [-0.4, -0.2) is 18.3 Å². The van der Waals surface area contributed by atoms with Crippen molar-refractivity contribution in [2.24, 2.45) is 0 Å². The Morgan fingerprint density at radius 2 is 0.515 bits per heavy atom. The summed E-state index contributed by atoms with van der Waals surface area (Å²) in [6, 6.07) is 139. The van der Waals surface area contributed by atoms with Gasteiger partial charge in [-0.3, -0.25) is 0 Å². The first-order valence-corrected chi connectivity index (χ1v) is 47.7. The highest BCUT2D eigenvalue weighted by Gasteiger charge is 2.49. The minimum Gasteiger partial charge on any atom is -0.309 e. The van der Waals surface area contributed by atoms with Gasteiger partial charge in [0.05, 0.1) is 55.0 Å². The Bertz CT molecular complexity index is 8250. The SMILES string of the molecule is Cc1cc(-c2ccc3c(c2)c2cc(C4(c5ccc6c(c5)c5cc(C7(c8ccc9c(c8)c8cc%10c(cc8n9-c8ccc(C(C)(C)C)cc8)CC%10(C)C)c8ccccc8-c8ccccc87)ccc5n6-c5ccc(-c6ccc(-n7c8ccc(C(C)(C)C)cc8c8cc(C(C)(C)C)ccc87)cc6)cc5)c5ccccc5-c5ccccc54)ccc2n3-c2ccc(C(C)(C)C)cc2)ccc1C(C)C. The maximum atomic E-state index is 2.63. The molecule has 0 bridgehead atoms. The van der Waals surface area contributed by atoms with E-state index in [4.69, 9.17) is 0 Å². The number of nitrogens with zero attached hydrogens (tertiary/aromatic N) is 4. The van der Waals surface area contributed by atoms with E-state index in [1.54, 1.807) is 0 Å². The number of fused-ring (bicyclic) bond motifs is 19. The van der Waals surface area contributed by atoms with Crippen molar-refractivity contribution in [3.05, 3.63) is 441 Å². The Balaban J connectivity index is 0.738. The summed E-state index contributed by atoms with van der Waals surface area (Å²) < 4.78 is 10.1. The fourth-order valence-corrected chi connectivity index (χ4v) is 24.0. The summed E-state index contributed by atoms with van der Waals surface area (Å²) >= 11 is 0. The molecule has 0 N–H and O–H groups in total. The zero-order valence-corrected chi connectivity index (χ0v) is 79.1. The average molecular weight is 1710 g/mol. The highest BCUT2D eigenvalue weighted by Crippen LogP contribution is 2.61. The lowest BCUT2D eigenvalue weighted by Gasteiger charge is -2.38. The van der Waals surface area contributed by atoms with Crippen LogP contribution in [0.25, 0.3) is 154 Å². The van der Waals surface area contributed by atoms with Gasteiger partial charge in [-0.25, -0.2) is 0 Å². The van der Waals surface area contributed by atoms with Gasteiger partial charge in [0.1, 0.15) is 0 Å². The van der Waals surface area contributed by atoms with E-state index < -0.39 is 10.8 Å². The second-order valence-corrected chi connectivity index (χ2v) is 43.6. The number of hydrogen-bond donors (Lipinski definition) is 0. The lowest BCUT2D eigenvalue weighted by molar-refractivity contribution is 0.456. The van der Waals surface area contributed by atoms with Crippen LogP contribution in [0, 0.1) is 6.92 Å². The molecule has 0 radical (unpaired) electrons. The van der Waals surface area contributed by atoms with Gasteiger partial charge in [0.2, 0.25) is 0 Å². The minimum absolute atomic E-state index is 0.00201. The third-order valence-corrected chi connectivity index (χ3v) is 30.8. The first-order chi connectivity index (χ1) is 63.4. The van der Waals surface area contributed by atoms with Crippen LogP contribution in [0.5, 0.6) is 0 Å². The maximum Gasteiger partial charge on any atom is 0.0714 e. The molecule has 21 aromatic rings. The van der Waals surface area contributed by atoms with E-state index in [0.29, 0.717) is 5.92 Å². The molecule has 4 aromatic heterocycles. The standard InChI is InChI=1S/C128H112N4/c1-77(2)96-58-38-81(66-78(96)3)82-39-59-114-101(67-82)104-71-88(46-62-117(104)131(114)94-54-40-84(41-55-94)122(4,5)6)127(109-30-22-18-26-97(109)98-27-19-23-31-110(98)127)89-47-63-118-105(72-89)106-73-90(48-64-119(106)130(118)93-52-36-80(37-53-93)79-34-50-92(51-35-79)129-115-60-44-86(124(10,11)12)69-102(115)103-70-87(125(13,14)15)45-61-116(103)129)128(111-32-24-20-28-99(111)100-29-21-25-33-112(100)128)91-49-65-120-107(74-91)108-75-113-83(76-126(113,16)17)68-121(108)132(120)95-56-42-85(43-57-95)123(7,8)9/h18-75,77H,76H2,1-17H3. The van der Waals surface area contributed by atoms with E-state index in [2.05, 4.69) is 488 Å². The summed E-state index contributed by atoms with van der Waals surface area (Å²) in [7, 11) is 0. The third kappa shape index (κ3) is 12.0. The van der Waals surface area contributed by atoms with Crippen molar-refractivity contribution >= 4 is 87.2 Å². The molecule has 17 aromatic carbocycles. The summed E-state index contributed by atoms with van der Waals surface area (Å²) in [5.74, 6) is 0.429. The van der Waals surface area contributed by atoms with E-state index in [1.165, 1.54) is 204 Å². The summed E-state index contributed by atoms with van der Waals surface area (Å²) in [5, 5.41) is 9.94. The highest BCUT2D eigenvalue weighted by molar-refractivity contribution is 6.15. The molecule has 0 atom stereocenters. The molecule has 4 nitrogen and oxygen atoms in total. The van der Waals surface area contributed by atoms with E-state index in [-0.39, 0.29) is 27.1 Å². The van der Waals surface area contributed by atoms with Crippen LogP contribution < -0.4 is 0 Å². The van der Waals surface area contributed by atoms with Crippen molar-refractivity contribution in [1.82, 2.24) is 18.3 Å². The summed E-state index contributed by atoms with van der Waals surface area (Å²) in [4.78, 5) is 0. The molecule has 0 amide bonds. The van der Waals surface area contributed by atoms with Crippen LogP contribution >= 0.6 is 0 Å².